The number of nitrogens with zero attached hydrogens (tertiary/aromatic N) is 2. The Morgan fingerprint density at radius 2 is 1.97 bits per heavy atom. The normalized spacial score (nSPS) is 19.5. The van der Waals surface area contributed by atoms with Crippen LogP contribution in [0.5, 0.6) is 0 Å². The largest absolute Gasteiger partial charge is 0.480 e. The van der Waals surface area contributed by atoms with E-state index in [0.717, 1.165) is 18.9 Å². The van der Waals surface area contributed by atoms with Crippen LogP contribution in [0.15, 0.2) is 29.3 Å². The molecule has 4 rings (SSSR count). The van der Waals surface area contributed by atoms with Crippen molar-refractivity contribution >= 4 is 16.0 Å². The number of carboxylic acid groups (broad SMARTS) is 1. The van der Waals surface area contributed by atoms with E-state index in [1.54, 1.807) is 0 Å². The van der Waals surface area contributed by atoms with E-state index in [1.165, 1.54) is 16.9 Å². The molecule has 1 atom stereocenters. The Bertz CT molecular complexity index is 1090. The summed E-state index contributed by atoms with van der Waals surface area (Å²) in [6, 6.07) is 2.31. The third-order valence-electron chi connectivity index (χ3n) is 5.46. The van der Waals surface area contributed by atoms with E-state index in [1.807, 2.05) is 0 Å². The average Bonchev–Trinajstić information content (AvgIpc) is 3.43. The van der Waals surface area contributed by atoms with E-state index >= 15 is 0 Å². The minimum atomic E-state index is -4.65. The number of aliphatic carboxylic acids is 1. The van der Waals surface area contributed by atoms with Crippen LogP contribution in [-0.2, 0) is 34.0 Å². The second-order valence-electron chi connectivity index (χ2n) is 7.73. The third kappa shape index (κ3) is 4.22. The second kappa shape index (κ2) is 7.38. The highest BCUT2D eigenvalue weighted by Gasteiger charge is 2.36. The number of aromatic nitrogens is 2. The Hall–Kier alpha value is -2.40. The molecule has 2 N–H and O–H groups in total. The quantitative estimate of drug-likeness (QED) is 0.714. The van der Waals surface area contributed by atoms with Crippen molar-refractivity contribution in [1.29, 1.82) is 0 Å². The standard InChI is InChI=1S/C19H20F3N3O4S/c20-19(21,22)13-6-12(11-4-5-11)7-14(8-13)30(28,29)24-16-2-1-3-17-15(16)9-23-25(17)10-18(26)27/h6-9,11,16,24H,1-5,10H2,(H,26,27)/t16-/m1/s1. The first-order valence-corrected chi connectivity index (χ1v) is 11.0. The summed E-state index contributed by atoms with van der Waals surface area (Å²) in [6.07, 6.45) is -0.152. The number of benzene rings is 1. The van der Waals surface area contributed by atoms with E-state index in [2.05, 4.69) is 9.82 Å². The molecule has 30 heavy (non-hydrogen) atoms. The van der Waals surface area contributed by atoms with Gasteiger partial charge in [-0.05, 0) is 61.8 Å². The van der Waals surface area contributed by atoms with Gasteiger partial charge in [-0.3, -0.25) is 9.48 Å². The van der Waals surface area contributed by atoms with E-state index in [9.17, 15) is 26.4 Å². The van der Waals surface area contributed by atoms with Crippen LogP contribution in [0.4, 0.5) is 13.2 Å². The van der Waals surface area contributed by atoms with Gasteiger partial charge in [-0.1, -0.05) is 0 Å². The molecule has 0 amide bonds. The topological polar surface area (TPSA) is 101 Å². The second-order valence-corrected chi connectivity index (χ2v) is 9.44. The van der Waals surface area contributed by atoms with Gasteiger partial charge in [0.05, 0.1) is 22.7 Å². The highest BCUT2D eigenvalue weighted by molar-refractivity contribution is 7.89. The first kappa shape index (κ1) is 20.9. The van der Waals surface area contributed by atoms with Gasteiger partial charge in [0, 0.05) is 11.3 Å². The van der Waals surface area contributed by atoms with Crippen LogP contribution in [0.3, 0.4) is 0 Å². The molecular weight excluding hydrogens is 423 g/mol. The fourth-order valence-corrected chi connectivity index (χ4v) is 5.18. The molecule has 11 heteroatoms. The molecule has 1 aromatic heterocycles. The number of carbonyl (C=O) groups is 1. The maximum atomic E-state index is 13.3. The van der Waals surface area contributed by atoms with Crippen molar-refractivity contribution in [2.24, 2.45) is 0 Å². The summed E-state index contributed by atoms with van der Waals surface area (Å²) < 4.78 is 69.7. The highest BCUT2D eigenvalue weighted by atomic mass is 32.2. The summed E-state index contributed by atoms with van der Waals surface area (Å²) in [6.45, 7) is -0.340. The van der Waals surface area contributed by atoms with Gasteiger partial charge in [-0.25, -0.2) is 13.1 Å². The molecule has 1 fully saturated rings. The molecule has 0 bridgehead atoms. The zero-order chi connectivity index (χ0) is 21.7. The maximum Gasteiger partial charge on any atom is 0.416 e. The average molecular weight is 443 g/mol. The van der Waals surface area contributed by atoms with Crippen molar-refractivity contribution in [2.45, 2.75) is 61.7 Å². The molecule has 2 aliphatic carbocycles. The van der Waals surface area contributed by atoms with Crippen molar-refractivity contribution in [1.82, 2.24) is 14.5 Å². The number of hydrogen-bond acceptors (Lipinski definition) is 4. The van der Waals surface area contributed by atoms with Crippen LogP contribution in [0.25, 0.3) is 0 Å². The summed E-state index contributed by atoms with van der Waals surface area (Å²) >= 11 is 0. The highest BCUT2D eigenvalue weighted by Crippen LogP contribution is 2.43. The number of rotatable bonds is 6. The number of fused-ring (bicyclic) bond motifs is 1. The fourth-order valence-electron chi connectivity index (χ4n) is 3.85. The van der Waals surface area contributed by atoms with Gasteiger partial charge in [-0.2, -0.15) is 18.3 Å². The Labute approximate surface area is 170 Å². The fraction of sp³-hybridized carbons (Fsp3) is 0.474. The first-order valence-electron chi connectivity index (χ1n) is 9.55. The molecule has 1 saturated carbocycles. The van der Waals surface area contributed by atoms with Crippen LogP contribution in [0.2, 0.25) is 0 Å². The maximum absolute atomic E-state index is 13.3. The summed E-state index contributed by atoms with van der Waals surface area (Å²) in [4.78, 5) is 10.6. The predicted octanol–water partition coefficient (Wildman–Crippen LogP) is 3.22. The number of carboxylic acids is 1. The smallest absolute Gasteiger partial charge is 0.416 e. The van der Waals surface area contributed by atoms with Gasteiger partial charge >= 0.3 is 12.1 Å². The SMILES string of the molecule is O=C(O)Cn1ncc2c1CCC[C@H]2NS(=O)(=O)c1cc(C2CC2)cc(C(F)(F)F)c1. The summed E-state index contributed by atoms with van der Waals surface area (Å²) in [7, 11) is -4.23. The number of halogens is 3. The lowest BCUT2D eigenvalue weighted by atomic mass is 9.94. The zero-order valence-electron chi connectivity index (χ0n) is 15.8. The predicted molar refractivity (Wildman–Crippen MR) is 99.3 cm³/mol. The molecule has 0 unspecified atom stereocenters. The third-order valence-corrected chi connectivity index (χ3v) is 6.91. The molecule has 7 nitrogen and oxygen atoms in total. The van der Waals surface area contributed by atoms with Gasteiger partial charge in [0.25, 0.3) is 0 Å². The van der Waals surface area contributed by atoms with Crippen LogP contribution in [0, 0.1) is 0 Å². The molecule has 2 aromatic rings. The summed E-state index contributed by atoms with van der Waals surface area (Å²) in [5.41, 5.74) is 0.578. The van der Waals surface area contributed by atoms with Crippen molar-refractivity contribution in [3.63, 3.8) is 0 Å². The van der Waals surface area contributed by atoms with E-state index < -0.39 is 38.7 Å². The van der Waals surface area contributed by atoms with Crippen molar-refractivity contribution < 1.29 is 31.5 Å². The molecule has 0 radical (unpaired) electrons. The summed E-state index contributed by atoms with van der Waals surface area (Å²) in [5.74, 6) is -1.11. The van der Waals surface area contributed by atoms with Crippen LogP contribution >= 0.6 is 0 Å². The Kier molecular flexibility index (Phi) is 5.13. The van der Waals surface area contributed by atoms with Crippen LogP contribution < -0.4 is 4.72 Å². The minimum Gasteiger partial charge on any atom is -0.480 e. The Morgan fingerprint density at radius 1 is 1.23 bits per heavy atom. The van der Waals surface area contributed by atoms with Crippen molar-refractivity contribution in [2.75, 3.05) is 0 Å². The van der Waals surface area contributed by atoms with E-state index in [0.29, 0.717) is 42.1 Å². The molecule has 1 heterocycles. The lowest BCUT2D eigenvalue weighted by molar-refractivity contribution is -0.138. The van der Waals surface area contributed by atoms with Crippen LogP contribution in [0.1, 0.15) is 60.0 Å². The van der Waals surface area contributed by atoms with Gasteiger partial charge in [0.1, 0.15) is 6.54 Å². The molecule has 0 spiro atoms. The molecular formula is C19H20F3N3O4S. The monoisotopic (exact) mass is 443 g/mol. The van der Waals surface area contributed by atoms with Crippen LogP contribution in [-0.4, -0.2) is 29.3 Å². The number of nitrogens with one attached hydrogen (secondary N) is 1. The Balaban J connectivity index is 1.65. The van der Waals surface area contributed by atoms with Crippen molar-refractivity contribution in [3.8, 4) is 0 Å². The van der Waals surface area contributed by atoms with Gasteiger partial charge in [-0.15, -0.1) is 0 Å². The number of sulfonamides is 1. The number of hydrogen-bond donors (Lipinski definition) is 2. The molecule has 1 aromatic carbocycles. The Morgan fingerprint density at radius 3 is 2.60 bits per heavy atom. The summed E-state index contributed by atoms with van der Waals surface area (Å²) in [5, 5.41) is 13.0. The van der Waals surface area contributed by atoms with Crippen molar-refractivity contribution in [3.05, 3.63) is 46.8 Å². The molecule has 0 aliphatic heterocycles. The lowest BCUT2D eigenvalue weighted by Gasteiger charge is -2.24. The molecule has 2 aliphatic rings. The van der Waals surface area contributed by atoms with E-state index in [-0.39, 0.29) is 12.5 Å². The number of alkyl halides is 3. The molecule has 162 valence electrons. The van der Waals surface area contributed by atoms with Gasteiger partial charge < -0.3 is 5.11 Å². The van der Waals surface area contributed by atoms with Gasteiger partial charge in [0.15, 0.2) is 0 Å². The minimum absolute atomic E-state index is 0.0446. The molecule has 0 saturated heterocycles. The zero-order valence-corrected chi connectivity index (χ0v) is 16.6. The van der Waals surface area contributed by atoms with Gasteiger partial charge in [0.2, 0.25) is 10.0 Å². The lowest BCUT2D eigenvalue weighted by Crippen LogP contribution is -2.31. The van der Waals surface area contributed by atoms with E-state index in [4.69, 9.17) is 5.11 Å². The first-order chi connectivity index (χ1) is 14.0.